The highest BCUT2D eigenvalue weighted by Gasteiger charge is 2.33. The zero-order chi connectivity index (χ0) is 17.5. The molecule has 2 aliphatic rings. The van der Waals surface area contributed by atoms with E-state index in [4.69, 9.17) is 8.94 Å². The molecule has 7 nitrogen and oxygen atoms in total. The summed E-state index contributed by atoms with van der Waals surface area (Å²) in [6.45, 7) is 1.71. The van der Waals surface area contributed by atoms with Crippen LogP contribution in [0.4, 0.5) is 0 Å². The first-order valence-electron chi connectivity index (χ1n) is 9.11. The monoisotopic (exact) mass is 352 g/mol. The smallest absolute Gasteiger partial charge is 0.292 e. The van der Waals surface area contributed by atoms with Crippen molar-refractivity contribution in [1.29, 1.82) is 0 Å². The quantitative estimate of drug-likeness (QED) is 0.760. The van der Waals surface area contributed by atoms with E-state index in [1.54, 1.807) is 0 Å². The molecule has 2 aromatic heterocycles. The molecule has 3 heterocycles. The van der Waals surface area contributed by atoms with Crippen molar-refractivity contribution in [2.45, 2.75) is 44.3 Å². The molecule has 1 aromatic carbocycles. The van der Waals surface area contributed by atoms with Crippen LogP contribution in [-0.4, -0.2) is 33.5 Å². The first-order chi connectivity index (χ1) is 12.8. The van der Waals surface area contributed by atoms with Crippen LogP contribution >= 0.6 is 0 Å². The molecule has 1 unspecified atom stereocenters. The fraction of sp³-hybridized carbons (Fsp3) is 0.421. The van der Waals surface area contributed by atoms with E-state index in [-0.39, 0.29) is 23.8 Å². The van der Waals surface area contributed by atoms with Gasteiger partial charge in [-0.25, -0.2) is 0 Å². The largest absolute Gasteiger partial charge is 0.464 e. The molecule has 0 spiro atoms. The summed E-state index contributed by atoms with van der Waals surface area (Å²) in [4.78, 5) is 18.8. The summed E-state index contributed by atoms with van der Waals surface area (Å²) in [5.41, 5.74) is 2.05. The average molecular weight is 352 g/mol. The lowest BCUT2D eigenvalue weighted by Crippen LogP contribution is -2.27. The normalized spacial score (nSPS) is 20.7. The number of nitrogens with zero attached hydrogens (tertiary/aromatic N) is 3. The maximum Gasteiger partial charge on any atom is 0.292 e. The van der Waals surface area contributed by atoms with Gasteiger partial charge in [0.05, 0.1) is 12.3 Å². The van der Waals surface area contributed by atoms with Crippen LogP contribution in [0.1, 0.15) is 53.8 Å². The Bertz CT molecular complexity index is 943. The first-order valence-corrected chi connectivity index (χ1v) is 9.11. The summed E-state index contributed by atoms with van der Waals surface area (Å²) in [5.74, 6) is 0.414. The third-order valence-electron chi connectivity index (χ3n) is 5.14. The minimum absolute atomic E-state index is 0.0404. The van der Waals surface area contributed by atoms with Gasteiger partial charge in [-0.1, -0.05) is 23.4 Å². The molecule has 1 saturated heterocycles. The van der Waals surface area contributed by atoms with Gasteiger partial charge in [0.25, 0.3) is 11.7 Å². The van der Waals surface area contributed by atoms with Gasteiger partial charge in [0.15, 0.2) is 0 Å². The van der Waals surface area contributed by atoms with Crippen molar-refractivity contribution in [3.63, 3.8) is 0 Å². The third kappa shape index (κ3) is 2.88. The van der Waals surface area contributed by atoms with E-state index in [0.717, 1.165) is 55.3 Å². The number of furan rings is 1. The Morgan fingerprint density at radius 2 is 2.15 bits per heavy atom. The van der Waals surface area contributed by atoms with Gasteiger partial charge in [-0.2, -0.15) is 4.98 Å². The van der Waals surface area contributed by atoms with Crippen molar-refractivity contribution in [2.24, 2.45) is 0 Å². The molecular weight excluding hydrogens is 332 g/mol. The lowest BCUT2D eigenvalue weighted by atomic mass is 10.1. The number of carbonyl (C=O) groups excluding carboxylic acids is 1. The number of benzene rings is 1. The number of amides is 1. The zero-order valence-electron chi connectivity index (χ0n) is 14.4. The topological polar surface area (TPSA) is 84.4 Å². The summed E-state index contributed by atoms with van der Waals surface area (Å²) < 4.78 is 11.1. The zero-order valence-corrected chi connectivity index (χ0v) is 14.4. The van der Waals surface area contributed by atoms with Crippen molar-refractivity contribution < 1.29 is 13.7 Å². The highest BCUT2D eigenvalue weighted by Crippen LogP contribution is 2.34. The Labute approximate surface area is 150 Å². The second-order valence-electron chi connectivity index (χ2n) is 7.09. The van der Waals surface area contributed by atoms with Crippen LogP contribution in [0.5, 0.6) is 0 Å². The number of aromatic nitrogens is 2. The van der Waals surface area contributed by atoms with Crippen molar-refractivity contribution in [1.82, 2.24) is 20.4 Å². The molecule has 26 heavy (non-hydrogen) atoms. The first kappa shape index (κ1) is 15.6. The molecular formula is C19H20N4O3. The van der Waals surface area contributed by atoms with Gasteiger partial charge < -0.3 is 14.3 Å². The fourth-order valence-corrected chi connectivity index (χ4v) is 3.61. The SMILES string of the molecule is O=C(NC1CC1)c1noc(C2CCCN2Cc2coc3ccccc23)n1. The Hall–Kier alpha value is -2.67. The number of hydrogen-bond acceptors (Lipinski definition) is 6. The van der Waals surface area contributed by atoms with E-state index < -0.39 is 0 Å². The van der Waals surface area contributed by atoms with Crippen LogP contribution < -0.4 is 5.32 Å². The third-order valence-corrected chi connectivity index (χ3v) is 5.14. The molecule has 1 amide bonds. The van der Waals surface area contributed by atoms with Gasteiger partial charge in [0.1, 0.15) is 5.58 Å². The predicted molar refractivity (Wildman–Crippen MR) is 93.4 cm³/mol. The van der Waals surface area contributed by atoms with Crippen LogP contribution in [0, 0.1) is 0 Å². The molecule has 1 aliphatic heterocycles. The summed E-state index contributed by atoms with van der Waals surface area (Å²) in [5, 5.41) is 7.90. The van der Waals surface area contributed by atoms with E-state index in [1.165, 1.54) is 0 Å². The molecule has 1 atom stereocenters. The van der Waals surface area contributed by atoms with Crippen LogP contribution in [0.3, 0.4) is 0 Å². The van der Waals surface area contributed by atoms with Crippen LogP contribution in [0.2, 0.25) is 0 Å². The number of para-hydroxylation sites is 1. The van der Waals surface area contributed by atoms with Gasteiger partial charge in [-0.3, -0.25) is 9.69 Å². The molecule has 3 aromatic rings. The Morgan fingerprint density at radius 1 is 1.27 bits per heavy atom. The Kier molecular flexibility index (Phi) is 3.74. The standard InChI is InChI=1S/C19H20N4O3/c24-18(20-13-7-8-13)17-21-19(26-22-17)15-5-3-9-23(15)10-12-11-25-16-6-2-1-4-14(12)16/h1-2,4,6,11,13,15H,3,5,7-10H2,(H,20,24). The fourth-order valence-electron chi connectivity index (χ4n) is 3.61. The summed E-state index contributed by atoms with van der Waals surface area (Å²) in [7, 11) is 0. The number of likely N-dealkylation sites (tertiary alicyclic amines) is 1. The van der Waals surface area contributed by atoms with Crippen molar-refractivity contribution in [2.75, 3.05) is 6.54 Å². The summed E-state index contributed by atoms with van der Waals surface area (Å²) in [6.07, 6.45) is 5.90. The predicted octanol–water partition coefficient (Wildman–Crippen LogP) is 3.05. The second-order valence-corrected chi connectivity index (χ2v) is 7.09. The van der Waals surface area contributed by atoms with E-state index in [2.05, 4.69) is 26.4 Å². The molecule has 1 aliphatic carbocycles. The lowest BCUT2D eigenvalue weighted by molar-refractivity contribution is 0.0937. The molecule has 2 fully saturated rings. The Morgan fingerprint density at radius 3 is 3.04 bits per heavy atom. The Balaban J connectivity index is 1.34. The summed E-state index contributed by atoms with van der Waals surface area (Å²) >= 11 is 0. The van der Waals surface area contributed by atoms with E-state index in [0.29, 0.717) is 5.89 Å². The maximum absolute atomic E-state index is 12.1. The molecule has 0 bridgehead atoms. The molecule has 134 valence electrons. The van der Waals surface area contributed by atoms with Crippen molar-refractivity contribution in [3.8, 4) is 0 Å². The maximum atomic E-state index is 12.1. The molecule has 7 heteroatoms. The van der Waals surface area contributed by atoms with Gasteiger partial charge in [-0.05, 0) is 38.3 Å². The highest BCUT2D eigenvalue weighted by molar-refractivity contribution is 5.90. The number of fused-ring (bicyclic) bond motifs is 1. The van der Waals surface area contributed by atoms with Gasteiger partial charge >= 0.3 is 0 Å². The van der Waals surface area contributed by atoms with Crippen LogP contribution in [-0.2, 0) is 6.54 Å². The van der Waals surface area contributed by atoms with E-state index >= 15 is 0 Å². The molecule has 0 radical (unpaired) electrons. The number of hydrogen-bond donors (Lipinski definition) is 1. The molecule has 1 saturated carbocycles. The van der Waals surface area contributed by atoms with Gasteiger partial charge in [-0.15, -0.1) is 0 Å². The van der Waals surface area contributed by atoms with E-state index in [9.17, 15) is 4.79 Å². The van der Waals surface area contributed by atoms with Gasteiger partial charge in [0.2, 0.25) is 5.89 Å². The van der Waals surface area contributed by atoms with Crippen molar-refractivity contribution >= 4 is 16.9 Å². The number of nitrogens with one attached hydrogen (secondary N) is 1. The van der Waals surface area contributed by atoms with E-state index in [1.807, 2.05) is 24.5 Å². The number of rotatable bonds is 5. The molecule has 1 N–H and O–H groups in total. The van der Waals surface area contributed by atoms with Gasteiger partial charge in [0, 0.05) is 23.5 Å². The minimum Gasteiger partial charge on any atom is -0.464 e. The van der Waals surface area contributed by atoms with Crippen LogP contribution in [0.25, 0.3) is 11.0 Å². The second kappa shape index (κ2) is 6.25. The highest BCUT2D eigenvalue weighted by atomic mass is 16.5. The minimum atomic E-state index is -0.243. The average Bonchev–Trinajstić information content (AvgIpc) is 3.07. The van der Waals surface area contributed by atoms with Crippen molar-refractivity contribution in [3.05, 3.63) is 47.8 Å². The molecule has 5 rings (SSSR count). The lowest BCUT2D eigenvalue weighted by Gasteiger charge is -2.20. The summed E-state index contributed by atoms with van der Waals surface area (Å²) in [6, 6.07) is 8.36. The number of carbonyl (C=O) groups is 1. The van der Waals surface area contributed by atoms with Crippen LogP contribution in [0.15, 0.2) is 39.5 Å².